The Labute approximate surface area is 175 Å². The van der Waals surface area contributed by atoms with Gasteiger partial charge in [0.15, 0.2) is 0 Å². The van der Waals surface area contributed by atoms with Gasteiger partial charge in [0.05, 0.1) is 11.7 Å². The summed E-state index contributed by atoms with van der Waals surface area (Å²) in [6, 6.07) is 19.1. The van der Waals surface area contributed by atoms with E-state index in [0.29, 0.717) is 30.6 Å². The van der Waals surface area contributed by atoms with E-state index in [1.54, 1.807) is 0 Å². The molecule has 1 aliphatic heterocycles. The van der Waals surface area contributed by atoms with Crippen LogP contribution in [-0.4, -0.2) is 31.7 Å². The molecule has 1 N–H and O–H groups in total. The van der Waals surface area contributed by atoms with Crippen LogP contribution < -0.4 is 5.32 Å². The van der Waals surface area contributed by atoms with Crippen molar-refractivity contribution in [3.05, 3.63) is 78.1 Å². The molecule has 0 aromatic heterocycles. The number of benzene rings is 3. The molecule has 1 fully saturated rings. The van der Waals surface area contributed by atoms with Crippen molar-refractivity contribution in [3.8, 4) is 0 Å². The van der Waals surface area contributed by atoms with E-state index in [2.05, 4.69) is 5.32 Å². The summed E-state index contributed by atoms with van der Waals surface area (Å²) in [4.78, 5) is 12.8. The van der Waals surface area contributed by atoms with Crippen LogP contribution in [-0.2, 0) is 20.6 Å². The Morgan fingerprint density at radius 1 is 1.03 bits per heavy atom. The molecule has 0 radical (unpaired) electrons. The van der Waals surface area contributed by atoms with E-state index >= 15 is 0 Å². The van der Waals surface area contributed by atoms with Gasteiger partial charge >= 0.3 is 0 Å². The number of rotatable bonds is 5. The first-order valence-corrected chi connectivity index (χ1v) is 11.5. The Morgan fingerprint density at radius 3 is 2.53 bits per heavy atom. The van der Waals surface area contributed by atoms with E-state index in [-0.39, 0.29) is 18.2 Å². The molecule has 156 valence electrons. The minimum Gasteiger partial charge on any atom is -0.326 e. The number of fused-ring (bicyclic) bond motifs is 1. The summed E-state index contributed by atoms with van der Waals surface area (Å²) in [5.74, 6) is -1.19. The van der Waals surface area contributed by atoms with Gasteiger partial charge in [-0.15, -0.1) is 0 Å². The molecule has 4 rings (SSSR count). The molecule has 0 aliphatic carbocycles. The van der Waals surface area contributed by atoms with Crippen LogP contribution in [0.5, 0.6) is 0 Å². The molecule has 0 spiro atoms. The highest BCUT2D eigenvalue weighted by Crippen LogP contribution is 2.24. The van der Waals surface area contributed by atoms with Gasteiger partial charge in [0.1, 0.15) is 5.82 Å². The predicted molar refractivity (Wildman–Crippen MR) is 116 cm³/mol. The second-order valence-electron chi connectivity index (χ2n) is 7.63. The first kappa shape index (κ1) is 20.5. The molecule has 1 atom stereocenters. The van der Waals surface area contributed by atoms with Gasteiger partial charge in [-0.3, -0.25) is 4.79 Å². The molecular formula is C23H23FN2O3S. The fourth-order valence-corrected chi connectivity index (χ4v) is 5.41. The zero-order valence-electron chi connectivity index (χ0n) is 16.4. The van der Waals surface area contributed by atoms with Gasteiger partial charge in [-0.05, 0) is 53.4 Å². The standard InChI is InChI=1S/C23H23FN2O3S/c24-21-10-7-17(8-11-21)16-30(28,29)26-13-3-6-20(15-26)23(27)25-22-12-9-18-4-1-2-5-19(18)14-22/h1-2,4-5,7-12,14,20H,3,6,13,15-16H2,(H,25,27). The number of sulfonamides is 1. The number of nitrogens with one attached hydrogen (secondary N) is 1. The monoisotopic (exact) mass is 426 g/mol. The largest absolute Gasteiger partial charge is 0.326 e. The van der Waals surface area contributed by atoms with Crippen LogP contribution in [0.2, 0.25) is 0 Å². The summed E-state index contributed by atoms with van der Waals surface area (Å²) in [6.07, 6.45) is 1.26. The van der Waals surface area contributed by atoms with Crippen LogP contribution in [0.15, 0.2) is 66.7 Å². The first-order valence-electron chi connectivity index (χ1n) is 9.93. The number of carbonyl (C=O) groups excluding carboxylic acids is 1. The number of nitrogens with zero attached hydrogens (tertiary/aromatic N) is 1. The van der Waals surface area contributed by atoms with Gasteiger partial charge in [0.25, 0.3) is 0 Å². The normalized spacial score (nSPS) is 17.7. The minimum atomic E-state index is -3.59. The summed E-state index contributed by atoms with van der Waals surface area (Å²) < 4.78 is 40.1. The second kappa shape index (κ2) is 8.53. The molecular weight excluding hydrogens is 403 g/mol. The maximum Gasteiger partial charge on any atom is 0.228 e. The van der Waals surface area contributed by atoms with Crippen LogP contribution in [0.25, 0.3) is 10.8 Å². The Bertz CT molecular complexity index is 1160. The predicted octanol–water partition coefficient (Wildman–Crippen LogP) is 4.16. The van der Waals surface area contributed by atoms with Crippen LogP contribution in [0.3, 0.4) is 0 Å². The average molecular weight is 427 g/mol. The van der Waals surface area contributed by atoms with E-state index in [9.17, 15) is 17.6 Å². The lowest BCUT2D eigenvalue weighted by atomic mass is 9.98. The van der Waals surface area contributed by atoms with E-state index < -0.39 is 21.8 Å². The van der Waals surface area contributed by atoms with Crippen LogP contribution >= 0.6 is 0 Å². The molecule has 5 nitrogen and oxygen atoms in total. The van der Waals surface area contributed by atoms with Gasteiger partial charge in [-0.1, -0.05) is 42.5 Å². The van der Waals surface area contributed by atoms with Crippen LogP contribution in [0, 0.1) is 11.7 Å². The van der Waals surface area contributed by atoms with E-state index in [1.807, 2.05) is 42.5 Å². The second-order valence-corrected chi connectivity index (χ2v) is 9.60. The molecule has 3 aromatic carbocycles. The van der Waals surface area contributed by atoms with Crippen LogP contribution in [0.1, 0.15) is 18.4 Å². The highest BCUT2D eigenvalue weighted by molar-refractivity contribution is 7.88. The molecule has 0 saturated carbocycles. The summed E-state index contributed by atoms with van der Waals surface area (Å²) in [7, 11) is -3.59. The summed E-state index contributed by atoms with van der Waals surface area (Å²) in [5, 5.41) is 5.05. The SMILES string of the molecule is O=C(Nc1ccc2ccccc2c1)C1CCCN(S(=O)(=O)Cc2ccc(F)cc2)C1. The van der Waals surface area contributed by atoms with Gasteiger partial charge < -0.3 is 5.32 Å². The Balaban J connectivity index is 1.43. The van der Waals surface area contributed by atoms with E-state index in [1.165, 1.54) is 28.6 Å². The lowest BCUT2D eigenvalue weighted by Crippen LogP contribution is -2.44. The third-order valence-electron chi connectivity index (χ3n) is 5.43. The maximum absolute atomic E-state index is 13.1. The van der Waals surface area contributed by atoms with Crippen molar-refractivity contribution in [2.75, 3.05) is 18.4 Å². The Kier molecular flexibility index (Phi) is 5.83. The van der Waals surface area contributed by atoms with Gasteiger partial charge in [-0.25, -0.2) is 17.1 Å². The van der Waals surface area contributed by atoms with Crippen molar-refractivity contribution in [2.45, 2.75) is 18.6 Å². The number of hydrogen-bond acceptors (Lipinski definition) is 3. The lowest BCUT2D eigenvalue weighted by molar-refractivity contribution is -0.120. The molecule has 1 amide bonds. The van der Waals surface area contributed by atoms with Crippen molar-refractivity contribution in [1.29, 1.82) is 0 Å². The molecule has 1 aliphatic rings. The van der Waals surface area contributed by atoms with E-state index in [4.69, 9.17) is 0 Å². The summed E-state index contributed by atoms with van der Waals surface area (Å²) >= 11 is 0. The first-order chi connectivity index (χ1) is 14.4. The third-order valence-corrected chi connectivity index (χ3v) is 7.24. The lowest BCUT2D eigenvalue weighted by Gasteiger charge is -2.31. The topological polar surface area (TPSA) is 66.5 Å². The third kappa shape index (κ3) is 4.68. The summed E-state index contributed by atoms with van der Waals surface area (Å²) in [5.41, 5.74) is 1.23. The fourth-order valence-electron chi connectivity index (χ4n) is 3.80. The number of anilines is 1. The molecule has 0 bridgehead atoms. The van der Waals surface area contributed by atoms with Crippen molar-refractivity contribution < 1.29 is 17.6 Å². The van der Waals surface area contributed by atoms with E-state index in [0.717, 1.165) is 10.8 Å². The zero-order valence-corrected chi connectivity index (χ0v) is 17.2. The fraction of sp³-hybridized carbons (Fsp3) is 0.261. The van der Waals surface area contributed by atoms with Crippen LogP contribution in [0.4, 0.5) is 10.1 Å². The number of piperidine rings is 1. The molecule has 1 saturated heterocycles. The number of halogens is 1. The molecule has 3 aromatic rings. The molecule has 1 heterocycles. The Hall–Kier alpha value is -2.77. The highest BCUT2D eigenvalue weighted by atomic mass is 32.2. The number of amides is 1. The van der Waals surface area contributed by atoms with Gasteiger partial charge in [-0.2, -0.15) is 0 Å². The zero-order chi connectivity index (χ0) is 21.1. The van der Waals surface area contributed by atoms with Gasteiger partial charge in [0, 0.05) is 18.8 Å². The number of carbonyl (C=O) groups is 1. The average Bonchev–Trinajstić information content (AvgIpc) is 2.75. The van der Waals surface area contributed by atoms with Crippen molar-refractivity contribution in [3.63, 3.8) is 0 Å². The smallest absolute Gasteiger partial charge is 0.228 e. The Morgan fingerprint density at radius 2 is 1.77 bits per heavy atom. The number of hydrogen-bond donors (Lipinski definition) is 1. The maximum atomic E-state index is 13.1. The van der Waals surface area contributed by atoms with Crippen molar-refractivity contribution >= 4 is 32.4 Å². The summed E-state index contributed by atoms with van der Waals surface area (Å²) in [6.45, 7) is 0.548. The van der Waals surface area contributed by atoms with Gasteiger partial charge in [0.2, 0.25) is 15.9 Å². The minimum absolute atomic E-state index is 0.156. The van der Waals surface area contributed by atoms with Crippen molar-refractivity contribution in [2.24, 2.45) is 5.92 Å². The molecule has 7 heteroatoms. The highest BCUT2D eigenvalue weighted by Gasteiger charge is 2.32. The van der Waals surface area contributed by atoms with Crippen molar-refractivity contribution in [1.82, 2.24) is 4.31 Å². The molecule has 1 unspecified atom stereocenters. The quantitative estimate of drug-likeness (QED) is 0.666. The molecule has 30 heavy (non-hydrogen) atoms.